The van der Waals surface area contributed by atoms with Crippen molar-refractivity contribution in [2.24, 2.45) is 0 Å². The number of benzene rings is 2. The fourth-order valence-corrected chi connectivity index (χ4v) is 4.11. The van der Waals surface area contributed by atoms with Crippen molar-refractivity contribution >= 4 is 15.8 Å². The molecular weight excluding hydrogens is 425 g/mol. The van der Waals surface area contributed by atoms with Gasteiger partial charge in [0.1, 0.15) is 5.82 Å². The van der Waals surface area contributed by atoms with E-state index in [1.165, 1.54) is 18.3 Å². The van der Waals surface area contributed by atoms with Gasteiger partial charge in [0.2, 0.25) is 5.75 Å². The lowest BCUT2D eigenvalue weighted by molar-refractivity contribution is 0.261. The molecule has 2 N–H and O–H groups in total. The van der Waals surface area contributed by atoms with Crippen molar-refractivity contribution < 1.29 is 27.0 Å². The number of hydrogen-bond donors (Lipinski definition) is 1. The molecule has 0 saturated carbocycles. The Morgan fingerprint density at radius 2 is 1.52 bits per heavy atom. The van der Waals surface area contributed by atoms with Crippen LogP contribution in [0, 0.1) is 5.82 Å². The normalized spacial score (nSPS) is 11.4. The van der Waals surface area contributed by atoms with Crippen LogP contribution in [0.2, 0.25) is 0 Å². The maximum Gasteiger partial charge on any atom is 0.283 e. The lowest BCUT2D eigenvalue weighted by Gasteiger charge is -2.17. The second-order valence-corrected chi connectivity index (χ2v) is 8.16. The van der Waals surface area contributed by atoms with Crippen LogP contribution in [0.5, 0.6) is 17.2 Å². The summed E-state index contributed by atoms with van der Waals surface area (Å²) >= 11 is 0. The summed E-state index contributed by atoms with van der Waals surface area (Å²) in [5, 5.41) is 3.97. The summed E-state index contributed by atoms with van der Waals surface area (Å²) in [7, 11) is -4.05. The van der Waals surface area contributed by atoms with Gasteiger partial charge in [0.25, 0.3) is 10.0 Å². The summed E-state index contributed by atoms with van der Waals surface area (Å²) in [6, 6.07) is 7.85. The van der Waals surface area contributed by atoms with Gasteiger partial charge in [-0.2, -0.15) is 12.5 Å². The fourth-order valence-electron chi connectivity index (χ4n) is 2.97. The monoisotopic (exact) mass is 449 g/mol. The van der Waals surface area contributed by atoms with Gasteiger partial charge in [-0.05, 0) is 62.7 Å². The molecule has 2 aromatic carbocycles. The van der Waals surface area contributed by atoms with E-state index in [-0.39, 0.29) is 10.7 Å². The molecule has 0 amide bonds. The van der Waals surface area contributed by atoms with Crippen molar-refractivity contribution in [3.63, 3.8) is 0 Å². The molecule has 10 heteroatoms. The van der Waals surface area contributed by atoms with E-state index in [1.54, 1.807) is 12.1 Å². The van der Waals surface area contributed by atoms with Crippen LogP contribution in [-0.2, 0) is 10.0 Å². The highest BCUT2D eigenvalue weighted by atomic mass is 32.2. The standard InChI is InChI=1S/C21H24FN3O5S/c1-4-28-18-11-14(12-19(29-5-2)20(18)30-6-3)17-13-25(24-21(17)23)31(26,27)16-9-7-15(22)8-10-16/h7-13H,4-6H2,1-3H3,(H2,23,24). The molecule has 0 radical (unpaired) electrons. The highest BCUT2D eigenvalue weighted by Crippen LogP contribution is 2.43. The van der Waals surface area contributed by atoms with Gasteiger partial charge in [-0.15, -0.1) is 5.10 Å². The predicted octanol–water partition coefficient (Wildman–Crippen LogP) is 3.70. The van der Waals surface area contributed by atoms with Crippen molar-refractivity contribution in [1.29, 1.82) is 0 Å². The molecule has 0 saturated heterocycles. The first-order chi connectivity index (χ1) is 14.8. The molecule has 0 spiro atoms. The molecule has 3 rings (SSSR count). The molecule has 0 bridgehead atoms. The predicted molar refractivity (Wildman–Crippen MR) is 115 cm³/mol. The smallest absolute Gasteiger partial charge is 0.283 e. The van der Waals surface area contributed by atoms with Gasteiger partial charge in [0.15, 0.2) is 17.3 Å². The molecular formula is C21H24FN3O5S. The summed E-state index contributed by atoms with van der Waals surface area (Å²) in [4.78, 5) is -0.111. The molecule has 0 unspecified atom stereocenters. The van der Waals surface area contributed by atoms with Crippen LogP contribution in [0.25, 0.3) is 11.1 Å². The van der Waals surface area contributed by atoms with Crippen molar-refractivity contribution in [1.82, 2.24) is 9.19 Å². The molecule has 3 aromatic rings. The summed E-state index contributed by atoms with van der Waals surface area (Å²) in [6.45, 7) is 6.72. The third-order valence-corrected chi connectivity index (χ3v) is 5.85. The average molecular weight is 450 g/mol. The Labute approximate surface area is 180 Å². The van der Waals surface area contributed by atoms with E-state index in [9.17, 15) is 12.8 Å². The van der Waals surface area contributed by atoms with Crippen molar-refractivity contribution in [3.05, 3.63) is 48.4 Å². The van der Waals surface area contributed by atoms with Crippen LogP contribution >= 0.6 is 0 Å². The zero-order chi connectivity index (χ0) is 22.6. The second-order valence-electron chi connectivity index (χ2n) is 6.36. The van der Waals surface area contributed by atoms with Crippen LogP contribution in [0.15, 0.2) is 47.5 Å². The van der Waals surface area contributed by atoms with Gasteiger partial charge in [0, 0.05) is 5.56 Å². The van der Waals surface area contributed by atoms with Crippen molar-refractivity contribution in [2.75, 3.05) is 25.6 Å². The summed E-state index contributed by atoms with van der Waals surface area (Å²) in [5.41, 5.74) is 6.97. The first kappa shape index (κ1) is 22.4. The molecule has 0 aliphatic carbocycles. The number of nitrogen functional groups attached to an aromatic ring is 1. The number of halogens is 1. The molecule has 0 atom stereocenters. The summed E-state index contributed by atoms with van der Waals surface area (Å²) in [6.07, 6.45) is 1.30. The fraction of sp³-hybridized carbons (Fsp3) is 0.286. The summed E-state index contributed by atoms with van der Waals surface area (Å²) < 4.78 is 56.8. The Kier molecular flexibility index (Phi) is 6.69. The maximum atomic E-state index is 13.2. The second kappa shape index (κ2) is 9.25. The number of hydrogen-bond acceptors (Lipinski definition) is 7. The molecule has 0 fully saturated rings. The molecule has 8 nitrogen and oxygen atoms in total. The lowest BCUT2D eigenvalue weighted by Crippen LogP contribution is -2.13. The zero-order valence-electron chi connectivity index (χ0n) is 17.5. The number of aromatic nitrogens is 2. The minimum Gasteiger partial charge on any atom is -0.490 e. The zero-order valence-corrected chi connectivity index (χ0v) is 18.3. The minimum absolute atomic E-state index is 0.000237. The number of ether oxygens (including phenoxy) is 3. The van der Waals surface area contributed by atoms with Crippen LogP contribution in [0.4, 0.5) is 10.2 Å². The first-order valence-electron chi connectivity index (χ1n) is 9.74. The topological polar surface area (TPSA) is 106 Å². The van der Waals surface area contributed by atoms with Gasteiger partial charge in [0.05, 0.1) is 30.9 Å². The molecule has 166 valence electrons. The van der Waals surface area contributed by atoms with Gasteiger partial charge >= 0.3 is 0 Å². The summed E-state index contributed by atoms with van der Waals surface area (Å²) in [5.74, 6) is 0.804. The Bertz CT molecular complexity index is 1130. The highest BCUT2D eigenvalue weighted by molar-refractivity contribution is 7.89. The first-order valence-corrected chi connectivity index (χ1v) is 11.2. The van der Waals surface area contributed by atoms with Gasteiger partial charge in [-0.1, -0.05) is 0 Å². The van der Waals surface area contributed by atoms with Crippen molar-refractivity contribution in [2.45, 2.75) is 25.7 Å². The molecule has 0 aliphatic heterocycles. The third-order valence-electron chi connectivity index (χ3n) is 4.30. The molecule has 0 aliphatic rings. The van der Waals surface area contributed by atoms with Crippen LogP contribution < -0.4 is 19.9 Å². The number of nitrogens with zero attached hydrogens (tertiary/aromatic N) is 2. The van der Waals surface area contributed by atoms with Gasteiger partial charge in [-0.25, -0.2) is 4.39 Å². The number of nitrogens with two attached hydrogens (primary N) is 1. The van der Waals surface area contributed by atoms with Crippen LogP contribution in [0.1, 0.15) is 20.8 Å². The van der Waals surface area contributed by atoms with E-state index in [0.29, 0.717) is 48.2 Å². The van der Waals surface area contributed by atoms with Gasteiger partial charge in [-0.3, -0.25) is 0 Å². The van der Waals surface area contributed by atoms with Gasteiger partial charge < -0.3 is 19.9 Å². The molecule has 1 aromatic heterocycles. The van der Waals surface area contributed by atoms with Crippen LogP contribution in [-0.4, -0.2) is 37.4 Å². The third kappa shape index (κ3) is 4.58. The largest absolute Gasteiger partial charge is 0.490 e. The lowest BCUT2D eigenvalue weighted by atomic mass is 10.1. The Morgan fingerprint density at radius 1 is 0.968 bits per heavy atom. The molecule has 1 heterocycles. The quantitative estimate of drug-likeness (QED) is 0.531. The minimum atomic E-state index is -4.05. The van der Waals surface area contributed by atoms with E-state index in [0.717, 1.165) is 16.2 Å². The Balaban J connectivity index is 2.11. The van der Waals surface area contributed by atoms with Crippen LogP contribution in [0.3, 0.4) is 0 Å². The Hall–Kier alpha value is -3.27. The van der Waals surface area contributed by atoms with E-state index in [4.69, 9.17) is 19.9 Å². The number of rotatable bonds is 9. The Morgan fingerprint density at radius 3 is 2.03 bits per heavy atom. The average Bonchev–Trinajstić information content (AvgIpc) is 3.13. The van der Waals surface area contributed by atoms with E-state index in [1.807, 2.05) is 20.8 Å². The van der Waals surface area contributed by atoms with E-state index < -0.39 is 15.8 Å². The van der Waals surface area contributed by atoms with E-state index >= 15 is 0 Å². The highest BCUT2D eigenvalue weighted by Gasteiger charge is 2.23. The molecule has 31 heavy (non-hydrogen) atoms. The van der Waals surface area contributed by atoms with Crippen molar-refractivity contribution in [3.8, 4) is 28.4 Å². The maximum absolute atomic E-state index is 13.2. The number of anilines is 1. The van der Waals surface area contributed by atoms with E-state index in [2.05, 4.69) is 5.10 Å². The SMILES string of the molecule is CCOc1cc(-c2cn(S(=O)(=O)c3ccc(F)cc3)nc2N)cc(OCC)c1OCC.